The van der Waals surface area contributed by atoms with Crippen molar-refractivity contribution in [3.8, 4) is 0 Å². The van der Waals surface area contributed by atoms with Crippen molar-refractivity contribution in [3.05, 3.63) is 11.6 Å². The molecule has 1 spiro atoms. The molecule has 3 aliphatic heterocycles. The van der Waals surface area contributed by atoms with E-state index in [1.807, 2.05) is 6.92 Å². The maximum Gasteiger partial charge on any atom is 0.342 e. The van der Waals surface area contributed by atoms with Crippen LogP contribution >= 0.6 is 0 Å². The highest BCUT2D eigenvalue weighted by Gasteiger charge is 2.89. The van der Waals surface area contributed by atoms with E-state index < -0.39 is 82.5 Å². The normalized spacial score (nSPS) is 51.0. The third-order valence-electron chi connectivity index (χ3n) is 9.06. The van der Waals surface area contributed by atoms with E-state index in [9.17, 15) is 24.3 Å². The summed E-state index contributed by atoms with van der Waals surface area (Å²) in [5, 5.41) is 11.5. The van der Waals surface area contributed by atoms with Gasteiger partial charge in [-0.05, 0) is 33.3 Å². The van der Waals surface area contributed by atoms with Gasteiger partial charge in [-0.3, -0.25) is 14.4 Å². The van der Waals surface area contributed by atoms with Crippen LogP contribution in [0.25, 0.3) is 0 Å². The topological polar surface area (TPSA) is 150 Å². The Balaban J connectivity index is 1.79. The lowest BCUT2D eigenvalue weighted by molar-refractivity contribution is -0.224. The number of carbonyl (C=O) groups is 4. The summed E-state index contributed by atoms with van der Waals surface area (Å²) in [5.74, 6) is -3.26. The molecule has 11 nitrogen and oxygen atoms in total. The Bertz CT molecular complexity index is 1100. The highest BCUT2D eigenvalue weighted by atomic mass is 16.7. The van der Waals surface area contributed by atoms with Crippen LogP contribution in [-0.4, -0.2) is 82.4 Å². The van der Waals surface area contributed by atoms with E-state index in [0.717, 1.165) is 0 Å². The maximum absolute atomic E-state index is 13.0. The van der Waals surface area contributed by atoms with Crippen LogP contribution in [0.3, 0.4) is 0 Å². The van der Waals surface area contributed by atoms with Gasteiger partial charge in [-0.25, -0.2) is 4.79 Å². The molecule has 3 heterocycles. The van der Waals surface area contributed by atoms with Gasteiger partial charge < -0.3 is 33.5 Å². The lowest BCUT2D eigenvalue weighted by Crippen LogP contribution is -2.68. The van der Waals surface area contributed by atoms with Crippen molar-refractivity contribution in [2.45, 2.75) is 115 Å². The van der Waals surface area contributed by atoms with E-state index in [1.54, 1.807) is 26.8 Å². The average molecular weight is 523 g/mol. The van der Waals surface area contributed by atoms with Crippen LogP contribution in [-0.2, 0) is 47.6 Å². The monoisotopic (exact) mass is 522 g/mol. The average Bonchev–Trinajstić information content (AvgIpc) is 3.59. The lowest BCUT2D eigenvalue weighted by Gasteiger charge is -2.54. The first-order chi connectivity index (χ1) is 17.1. The van der Waals surface area contributed by atoms with E-state index >= 15 is 0 Å². The van der Waals surface area contributed by atoms with Crippen molar-refractivity contribution in [2.75, 3.05) is 0 Å². The van der Waals surface area contributed by atoms with E-state index in [0.29, 0.717) is 5.57 Å². The van der Waals surface area contributed by atoms with E-state index in [1.165, 1.54) is 20.8 Å². The van der Waals surface area contributed by atoms with Gasteiger partial charge in [0.15, 0.2) is 17.3 Å². The van der Waals surface area contributed by atoms with Crippen LogP contribution < -0.4 is 0 Å². The molecule has 0 radical (unpaired) electrons. The molecule has 37 heavy (non-hydrogen) atoms. The molecular formula is C26H34O11. The van der Waals surface area contributed by atoms with Crippen LogP contribution in [0.5, 0.6) is 0 Å². The maximum atomic E-state index is 13.0. The van der Waals surface area contributed by atoms with E-state index in [4.69, 9.17) is 28.4 Å². The molecule has 0 aromatic rings. The largest absolute Gasteiger partial charge is 0.462 e. The number of hydrogen-bond acceptors (Lipinski definition) is 11. The second-order valence-electron chi connectivity index (χ2n) is 11.6. The van der Waals surface area contributed by atoms with E-state index in [2.05, 4.69) is 0 Å². The van der Waals surface area contributed by atoms with Gasteiger partial charge >= 0.3 is 23.9 Å². The smallest absolute Gasteiger partial charge is 0.342 e. The Morgan fingerprint density at radius 3 is 2.16 bits per heavy atom. The summed E-state index contributed by atoms with van der Waals surface area (Å²) in [6.45, 7) is 10.7. The molecule has 204 valence electrons. The van der Waals surface area contributed by atoms with E-state index in [-0.39, 0.29) is 18.9 Å². The fourth-order valence-corrected chi connectivity index (χ4v) is 7.41. The van der Waals surface area contributed by atoms with Crippen LogP contribution in [0.2, 0.25) is 0 Å². The highest BCUT2D eigenvalue weighted by molar-refractivity contribution is 5.89. The predicted octanol–water partition coefficient (Wildman–Crippen LogP) is 1.13. The second kappa shape index (κ2) is 8.00. The molecule has 0 bridgehead atoms. The summed E-state index contributed by atoms with van der Waals surface area (Å²) in [7, 11) is 0. The van der Waals surface area contributed by atoms with Crippen molar-refractivity contribution in [1.82, 2.24) is 0 Å². The third kappa shape index (κ3) is 3.50. The first-order valence-electron chi connectivity index (χ1n) is 12.6. The van der Waals surface area contributed by atoms with Gasteiger partial charge in [0.1, 0.15) is 18.3 Å². The number of ether oxygens (including phenoxy) is 6. The van der Waals surface area contributed by atoms with Crippen molar-refractivity contribution < 1.29 is 52.7 Å². The van der Waals surface area contributed by atoms with Gasteiger partial charge in [-0.15, -0.1) is 0 Å². The molecule has 2 aliphatic carbocycles. The minimum absolute atomic E-state index is 0.0765. The van der Waals surface area contributed by atoms with Crippen molar-refractivity contribution in [2.24, 2.45) is 11.3 Å². The molecule has 1 saturated carbocycles. The quantitative estimate of drug-likeness (QED) is 0.246. The number of rotatable bonds is 3. The van der Waals surface area contributed by atoms with Gasteiger partial charge in [0, 0.05) is 33.1 Å². The third-order valence-corrected chi connectivity index (χ3v) is 9.06. The number of fused-ring (bicyclic) bond motifs is 3. The van der Waals surface area contributed by atoms with Crippen LogP contribution in [0.1, 0.15) is 61.3 Å². The molecule has 4 fully saturated rings. The first-order valence-corrected chi connectivity index (χ1v) is 12.6. The summed E-state index contributed by atoms with van der Waals surface area (Å²) >= 11 is 0. The zero-order chi connectivity index (χ0) is 27.3. The number of aliphatic hydroxyl groups is 1. The fraction of sp³-hybridized carbons (Fsp3) is 0.769. The molecule has 0 aromatic carbocycles. The fourth-order valence-electron chi connectivity index (χ4n) is 7.41. The van der Waals surface area contributed by atoms with Crippen LogP contribution in [0, 0.1) is 11.3 Å². The Kier molecular flexibility index (Phi) is 5.65. The Hall–Kier alpha value is -2.50. The number of epoxide rings is 2. The minimum atomic E-state index is -1.40. The molecule has 0 unspecified atom stereocenters. The second-order valence-corrected chi connectivity index (χ2v) is 11.6. The highest BCUT2D eigenvalue weighted by Crippen LogP contribution is 2.69. The summed E-state index contributed by atoms with van der Waals surface area (Å²) in [4.78, 5) is 50.2. The summed E-state index contributed by atoms with van der Waals surface area (Å²) in [6, 6.07) is 0. The van der Waals surface area contributed by atoms with Crippen LogP contribution in [0.4, 0.5) is 0 Å². The zero-order valence-electron chi connectivity index (χ0n) is 22.1. The van der Waals surface area contributed by atoms with Gasteiger partial charge in [-0.1, -0.05) is 12.5 Å². The Morgan fingerprint density at radius 2 is 1.59 bits per heavy atom. The minimum Gasteiger partial charge on any atom is -0.462 e. The molecule has 5 aliphatic rings. The molecule has 11 heteroatoms. The number of esters is 4. The number of hydrogen-bond donors (Lipinski definition) is 1. The molecular weight excluding hydrogens is 488 g/mol. The molecule has 3 saturated heterocycles. The van der Waals surface area contributed by atoms with Crippen molar-refractivity contribution in [1.29, 1.82) is 0 Å². The van der Waals surface area contributed by atoms with Gasteiger partial charge in [0.05, 0.1) is 23.2 Å². The van der Waals surface area contributed by atoms with Crippen molar-refractivity contribution >= 4 is 23.9 Å². The van der Waals surface area contributed by atoms with Crippen molar-refractivity contribution in [3.63, 3.8) is 0 Å². The molecule has 1 N–H and O–H groups in total. The van der Waals surface area contributed by atoms with Gasteiger partial charge in [-0.2, -0.15) is 0 Å². The molecule has 0 amide bonds. The molecule has 5 rings (SSSR count). The standard InChI is InChI=1S/C26H34O11/c1-11-8-15(30)20(33-13(3)28)23(5)16(32-12(2)27)10-17-24(6,36-17)19(23)21(34-14(4)29)26-18(9-11)35-22(31)25(26,7)37-26/h9,15-21,30H,8,10H2,1-7H3/b11-9+/t15-,16+,17-,18+,19-,20+,21+,23+,24-,25+,26+/m1/s1. The zero-order valence-corrected chi connectivity index (χ0v) is 22.1. The molecule has 11 atom stereocenters. The predicted molar refractivity (Wildman–Crippen MR) is 123 cm³/mol. The molecule has 0 aromatic heterocycles. The summed E-state index contributed by atoms with van der Waals surface area (Å²) in [6.07, 6.45) is -3.67. The lowest BCUT2D eigenvalue weighted by atomic mass is 9.53. The number of carbonyl (C=O) groups excluding carboxylic acids is 4. The van der Waals surface area contributed by atoms with Gasteiger partial charge in [0.25, 0.3) is 0 Å². The Morgan fingerprint density at radius 1 is 1.00 bits per heavy atom. The summed E-state index contributed by atoms with van der Waals surface area (Å²) < 4.78 is 35.7. The van der Waals surface area contributed by atoms with Crippen LogP contribution in [0.15, 0.2) is 11.6 Å². The number of aliphatic hydroxyl groups excluding tert-OH is 1. The Labute approximate surface area is 214 Å². The van der Waals surface area contributed by atoms with Gasteiger partial charge in [0.2, 0.25) is 0 Å². The first kappa shape index (κ1) is 26.1. The SMILES string of the molecule is CC(=O)O[C@H]1C[C@H]2O[C@@]2(C)[C@@H]2[C@H](OC(C)=O)[C@]34O[C@@]3(C)C(=O)O[C@H]4/C=C(\C)C[C@@H](O)[C@H](OC(C)=O)[C@@]12C. The summed E-state index contributed by atoms with van der Waals surface area (Å²) in [5.41, 5.74) is -4.41.